The zero-order valence-electron chi connectivity index (χ0n) is 15.0. The van der Waals surface area contributed by atoms with Crippen LogP contribution in [-0.4, -0.2) is 32.3 Å². The Morgan fingerprint density at radius 1 is 1.08 bits per heavy atom. The van der Waals surface area contributed by atoms with Gasteiger partial charge in [0.05, 0.1) is 23.6 Å². The molecule has 0 aliphatic carbocycles. The molecule has 6 heteroatoms. The molecule has 1 heterocycles. The van der Waals surface area contributed by atoms with Crippen molar-refractivity contribution in [1.82, 2.24) is 4.31 Å². The number of carbonyl (C=O) groups is 1. The molecule has 0 unspecified atom stereocenters. The van der Waals surface area contributed by atoms with Crippen LogP contribution in [-0.2, 0) is 19.6 Å². The lowest BCUT2D eigenvalue weighted by molar-refractivity contribution is -0.136. The zero-order valence-corrected chi connectivity index (χ0v) is 15.8. The van der Waals surface area contributed by atoms with Gasteiger partial charge in [-0.1, -0.05) is 53.6 Å². The molecule has 0 bridgehead atoms. The molecule has 0 radical (unpaired) electrons. The molecule has 0 saturated carbocycles. The Labute approximate surface area is 154 Å². The van der Waals surface area contributed by atoms with Gasteiger partial charge >= 0.3 is 5.97 Å². The molecule has 2 aromatic rings. The molecule has 136 valence electrons. The summed E-state index contributed by atoms with van der Waals surface area (Å²) in [5.41, 5.74) is 3.06. The van der Waals surface area contributed by atoms with E-state index in [0.717, 1.165) is 16.7 Å². The second-order valence-electron chi connectivity index (χ2n) is 6.36. The van der Waals surface area contributed by atoms with Gasteiger partial charge in [0.15, 0.2) is 0 Å². The van der Waals surface area contributed by atoms with Crippen LogP contribution in [0.2, 0.25) is 0 Å². The normalized spacial score (nSPS) is 17.8. The molecule has 0 saturated heterocycles. The van der Waals surface area contributed by atoms with Crippen LogP contribution in [0.5, 0.6) is 0 Å². The second-order valence-corrected chi connectivity index (χ2v) is 8.25. The number of hydrogen-bond acceptors (Lipinski definition) is 4. The number of hydrogen-bond donors (Lipinski definition) is 0. The van der Waals surface area contributed by atoms with Gasteiger partial charge in [-0.3, -0.25) is 0 Å². The van der Waals surface area contributed by atoms with E-state index in [-0.39, 0.29) is 11.4 Å². The van der Waals surface area contributed by atoms with E-state index in [9.17, 15) is 13.2 Å². The van der Waals surface area contributed by atoms with Gasteiger partial charge < -0.3 is 4.74 Å². The lowest BCUT2D eigenvalue weighted by atomic mass is 9.99. The minimum atomic E-state index is -3.77. The molecule has 1 aliphatic heterocycles. The summed E-state index contributed by atoms with van der Waals surface area (Å²) in [5.74, 6) is -0.516. The summed E-state index contributed by atoms with van der Waals surface area (Å²) in [6.07, 6.45) is 1.63. The van der Waals surface area contributed by atoms with Gasteiger partial charge in [0, 0.05) is 6.54 Å². The van der Waals surface area contributed by atoms with Gasteiger partial charge in [0.1, 0.15) is 0 Å². The predicted molar refractivity (Wildman–Crippen MR) is 99.1 cm³/mol. The van der Waals surface area contributed by atoms with Crippen molar-refractivity contribution in [2.45, 2.75) is 24.8 Å². The summed E-state index contributed by atoms with van der Waals surface area (Å²) in [4.78, 5) is 12.4. The molecular weight excluding hydrogens is 350 g/mol. The first kappa shape index (κ1) is 18.4. The van der Waals surface area contributed by atoms with Crippen molar-refractivity contribution in [2.75, 3.05) is 13.7 Å². The molecule has 0 fully saturated rings. The maximum Gasteiger partial charge on any atom is 0.335 e. The minimum absolute atomic E-state index is 0.124. The fourth-order valence-electron chi connectivity index (χ4n) is 3.14. The van der Waals surface area contributed by atoms with Crippen LogP contribution in [0.3, 0.4) is 0 Å². The summed E-state index contributed by atoms with van der Waals surface area (Å²) in [6.45, 7) is 3.96. The Balaban J connectivity index is 2.08. The average molecular weight is 371 g/mol. The third kappa shape index (κ3) is 3.30. The topological polar surface area (TPSA) is 63.7 Å². The Morgan fingerprint density at radius 2 is 1.77 bits per heavy atom. The van der Waals surface area contributed by atoms with Gasteiger partial charge in [-0.2, -0.15) is 4.31 Å². The van der Waals surface area contributed by atoms with E-state index < -0.39 is 22.0 Å². The number of aryl methyl sites for hydroxylation is 2. The lowest BCUT2D eigenvalue weighted by Crippen LogP contribution is -2.33. The third-order valence-electron chi connectivity index (χ3n) is 4.48. The lowest BCUT2D eigenvalue weighted by Gasteiger charge is -2.26. The molecule has 0 aromatic heterocycles. The maximum atomic E-state index is 13.2. The van der Waals surface area contributed by atoms with Crippen molar-refractivity contribution in [3.05, 3.63) is 76.9 Å². The molecular formula is C20H21NO4S. The number of carbonyl (C=O) groups excluding carboxylic acids is 1. The van der Waals surface area contributed by atoms with Gasteiger partial charge in [0.2, 0.25) is 10.0 Å². The number of ether oxygens (including phenoxy) is 1. The van der Waals surface area contributed by atoms with Crippen molar-refractivity contribution in [3.63, 3.8) is 0 Å². The summed E-state index contributed by atoms with van der Waals surface area (Å²) in [5, 5.41) is 0. The minimum Gasteiger partial charge on any atom is -0.466 e. The molecule has 0 spiro atoms. The SMILES string of the molecule is COC(=O)C1=CCN(S(=O)(=O)c2ccc(C)cc2)[C@@H]1c1cccc(C)c1. The second kappa shape index (κ2) is 7.05. The van der Waals surface area contributed by atoms with Crippen LogP contribution in [0.25, 0.3) is 0 Å². The number of sulfonamides is 1. The van der Waals surface area contributed by atoms with E-state index in [1.54, 1.807) is 30.3 Å². The van der Waals surface area contributed by atoms with Crippen LogP contribution in [0.15, 0.2) is 65.1 Å². The van der Waals surface area contributed by atoms with Gasteiger partial charge in [-0.25, -0.2) is 13.2 Å². The molecule has 0 amide bonds. The maximum absolute atomic E-state index is 13.2. The van der Waals surface area contributed by atoms with E-state index in [1.165, 1.54) is 11.4 Å². The quantitative estimate of drug-likeness (QED) is 0.775. The fourth-order valence-corrected chi connectivity index (χ4v) is 4.68. The van der Waals surface area contributed by atoms with Gasteiger partial charge in [0.25, 0.3) is 0 Å². The van der Waals surface area contributed by atoms with Gasteiger partial charge in [-0.15, -0.1) is 0 Å². The molecule has 2 aromatic carbocycles. The fraction of sp³-hybridized carbons (Fsp3) is 0.250. The van der Waals surface area contributed by atoms with Crippen LogP contribution >= 0.6 is 0 Å². The highest BCUT2D eigenvalue weighted by molar-refractivity contribution is 7.89. The number of nitrogens with zero attached hydrogens (tertiary/aromatic N) is 1. The first-order valence-corrected chi connectivity index (χ1v) is 9.72. The molecule has 26 heavy (non-hydrogen) atoms. The van der Waals surface area contributed by atoms with Crippen LogP contribution < -0.4 is 0 Å². The number of methoxy groups -OCH3 is 1. The van der Waals surface area contributed by atoms with Crippen molar-refractivity contribution in [2.24, 2.45) is 0 Å². The highest BCUT2D eigenvalue weighted by Crippen LogP contribution is 2.38. The monoisotopic (exact) mass is 371 g/mol. The first-order chi connectivity index (χ1) is 12.3. The van der Waals surface area contributed by atoms with E-state index in [1.807, 2.05) is 38.1 Å². The Hall–Kier alpha value is -2.44. The summed E-state index contributed by atoms with van der Waals surface area (Å²) in [6, 6.07) is 13.5. The van der Waals surface area contributed by atoms with E-state index in [0.29, 0.717) is 5.57 Å². The molecule has 1 atom stereocenters. The zero-order chi connectivity index (χ0) is 18.9. The third-order valence-corrected chi connectivity index (χ3v) is 6.33. The van der Waals surface area contributed by atoms with E-state index in [2.05, 4.69) is 0 Å². The van der Waals surface area contributed by atoms with Crippen molar-refractivity contribution in [1.29, 1.82) is 0 Å². The van der Waals surface area contributed by atoms with Gasteiger partial charge in [-0.05, 0) is 31.5 Å². The standard InChI is InChI=1S/C20H21NO4S/c1-14-7-9-17(10-8-14)26(23,24)21-12-11-18(20(22)25-3)19(21)16-6-4-5-15(2)13-16/h4-11,13,19H,12H2,1-3H3/t19-/m1/s1. The van der Waals surface area contributed by atoms with Crippen LogP contribution in [0, 0.1) is 13.8 Å². The van der Waals surface area contributed by atoms with Crippen molar-refractivity contribution in [3.8, 4) is 0 Å². The molecule has 1 aliphatic rings. The van der Waals surface area contributed by atoms with Crippen molar-refractivity contribution < 1.29 is 17.9 Å². The number of rotatable bonds is 4. The van der Waals surface area contributed by atoms with Crippen LogP contribution in [0.4, 0.5) is 0 Å². The van der Waals surface area contributed by atoms with E-state index in [4.69, 9.17) is 4.74 Å². The number of esters is 1. The summed E-state index contributed by atoms with van der Waals surface area (Å²) in [7, 11) is -2.47. The predicted octanol–water partition coefficient (Wildman–Crippen LogP) is 3.15. The Kier molecular flexibility index (Phi) is 4.98. The Bertz CT molecular complexity index is 962. The summed E-state index contributed by atoms with van der Waals surface area (Å²) >= 11 is 0. The average Bonchev–Trinajstić information content (AvgIpc) is 3.07. The highest BCUT2D eigenvalue weighted by Gasteiger charge is 2.40. The highest BCUT2D eigenvalue weighted by atomic mass is 32.2. The Morgan fingerprint density at radius 3 is 2.38 bits per heavy atom. The molecule has 0 N–H and O–H groups in total. The first-order valence-electron chi connectivity index (χ1n) is 8.28. The smallest absolute Gasteiger partial charge is 0.335 e. The van der Waals surface area contributed by atoms with Crippen LogP contribution in [0.1, 0.15) is 22.7 Å². The molecule has 5 nitrogen and oxygen atoms in total. The van der Waals surface area contributed by atoms with E-state index >= 15 is 0 Å². The summed E-state index contributed by atoms with van der Waals surface area (Å²) < 4.78 is 32.6. The largest absolute Gasteiger partial charge is 0.466 e. The molecule has 3 rings (SSSR count). The number of benzene rings is 2. The van der Waals surface area contributed by atoms with Crippen molar-refractivity contribution >= 4 is 16.0 Å².